The van der Waals surface area contributed by atoms with Crippen LogP contribution in [-0.4, -0.2) is 25.4 Å². The van der Waals surface area contributed by atoms with Crippen molar-refractivity contribution in [2.24, 2.45) is 5.73 Å². The molecule has 8 heteroatoms. The molecular weight excluding hydrogens is 332 g/mol. The van der Waals surface area contributed by atoms with Crippen LogP contribution in [0.15, 0.2) is 53.4 Å². The molecule has 0 radical (unpaired) electrons. The van der Waals surface area contributed by atoms with Crippen LogP contribution in [0, 0.1) is 0 Å². The molecule has 0 fully saturated rings. The van der Waals surface area contributed by atoms with Gasteiger partial charge in [-0.1, -0.05) is 18.2 Å². The number of carbonyl (C=O) groups is 2. The smallest absolute Gasteiger partial charge is 0.303 e. The maximum absolute atomic E-state index is 12.3. The number of rotatable bonds is 7. The monoisotopic (exact) mass is 348 g/mol. The number of aryl methyl sites for hydroxylation is 1. The average molecular weight is 348 g/mol. The van der Waals surface area contributed by atoms with Crippen LogP contribution in [-0.2, 0) is 21.2 Å². The van der Waals surface area contributed by atoms with Crippen LogP contribution in [0.25, 0.3) is 0 Å². The molecular formula is C16H16N2O5S. The molecule has 1 amide bonds. The Labute approximate surface area is 139 Å². The molecule has 0 aliphatic carbocycles. The molecule has 0 aliphatic heterocycles. The van der Waals surface area contributed by atoms with Crippen molar-refractivity contribution in [1.29, 1.82) is 0 Å². The molecule has 0 aromatic heterocycles. The van der Waals surface area contributed by atoms with Gasteiger partial charge in [0.1, 0.15) is 0 Å². The van der Waals surface area contributed by atoms with E-state index >= 15 is 0 Å². The van der Waals surface area contributed by atoms with Crippen molar-refractivity contribution in [3.05, 3.63) is 59.7 Å². The van der Waals surface area contributed by atoms with Gasteiger partial charge in [0.15, 0.2) is 0 Å². The van der Waals surface area contributed by atoms with E-state index < -0.39 is 21.9 Å². The van der Waals surface area contributed by atoms with Crippen LogP contribution >= 0.6 is 0 Å². The highest BCUT2D eigenvalue weighted by Gasteiger charge is 2.15. The lowest BCUT2D eigenvalue weighted by molar-refractivity contribution is -0.136. The molecule has 0 aliphatic rings. The number of amides is 1. The first-order valence-electron chi connectivity index (χ1n) is 7.01. The van der Waals surface area contributed by atoms with E-state index in [0.717, 1.165) is 5.56 Å². The number of aliphatic carboxylic acids is 1. The maximum atomic E-state index is 12.3. The summed E-state index contributed by atoms with van der Waals surface area (Å²) in [6.45, 7) is 0. The molecule has 0 unspecified atom stereocenters. The van der Waals surface area contributed by atoms with Crippen LogP contribution in [0.5, 0.6) is 0 Å². The Morgan fingerprint density at radius 2 is 1.75 bits per heavy atom. The number of hydrogen-bond donors (Lipinski definition) is 3. The first-order valence-corrected chi connectivity index (χ1v) is 8.50. The van der Waals surface area contributed by atoms with Crippen LogP contribution in [0.4, 0.5) is 5.69 Å². The third kappa shape index (κ3) is 4.56. The van der Waals surface area contributed by atoms with E-state index in [4.69, 9.17) is 10.8 Å². The number of nitrogens with one attached hydrogen (secondary N) is 1. The molecule has 126 valence electrons. The van der Waals surface area contributed by atoms with Crippen molar-refractivity contribution >= 4 is 27.6 Å². The van der Waals surface area contributed by atoms with Gasteiger partial charge in [0.25, 0.3) is 10.0 Å². The summed E-state index contributed by atoms with van der Waals surface area (Å²) in [4.78, 5) is 21.7. The number of carbonyl (C=O) groups excluding carboxylic acids is 1. The minimum absolute atomic E-state index is 0.0236. The number of sulfonamides is 1. The molecule has 2 aromatic carbocycles. The van der Waals surface area contributed by atoms with Crippen LogP contribution in [0.2, 0.25) is 0 Å². The van der Waals surface area contributed by atoms with Crippen LogP contribution in [0.3, 0.4) is 0 Å². The summed E-state index contributed by atoms with van der Waals surface area (Å²) in [6.07, 6.45) is 0.300. The second-order valence-corrected chi connectivity index (χ2v) is 6.77. The Hall–Kier alpha value is -2.87. The van der Waals surface area contributed by atoms with E-state index in [2.05, 4.69) is 4.72 Å². The summed E-state index contributed by atoms with van der Waals surface area (Å²) in [5.74, 6) is -1.57. The topological polar surface area (TPSA) is 127 Å². The van der Waals surface area contributed by atoms with Gasteiger partial charge in [-0.25, -0.2) is 8.42 Å². The number of hydrogen-bond acceptors (Lipinski definition) is 4. The summed E-state index contributed by atoms with van der Waals surface area (Å²) in [5, 5.41) is 8.65. The molecule has 0 bridgehead atoms. The standard InChI is InChI=1S/C16H16N2O5S/c17-16(21)12-2-1-3-13(10-12)18-24(22,23)14-7-4-11(5-8-14)6-9-15(19)20/h1-5,7-8,10,18H,6,9H2,(H2,17,21)(H,19,20). The predicted octanol–water partition coefficient (Wildman–Crippen LogP) is 1.60. The second-order valence-electron chi connectivity index (χ2n) is 5.09. The van der Waals surface area contributed by atoms with Crippen molar-refractivity contribution in [2.45, 2.75) is 17.7 Å². The third-order valence-electron chi connectivity index (χ3n) is 3.26. The lowest BCUT2D eigenvalue weighted by Crippen LogP contribution is -2.15. The zero-order valence-corrected chi connectivity index (χ0v) is 13.4. The van der Waals surface area contributed by atoms with Crippen LogP contribution < -0.4 is 10.5 Å². The van der Waals surface area contributed by atoms with Crippen molar-refractivity contribution in [3.63, 3.8) is 0 Å². The summed E-state index contributed by atoms with van der Waals surface area (Å²) in [6, 6.07) is 11.8. The lowest BCUT2D eigenvalue weighted by Gasteiger charge is -2.09. The Morgan fingerprint density at radius 1 is 1.08 bits per heavy atom. The van der Waals surface area contributed by atoms with Gasteiger partial charge in [-0.2, -0.15) is 0 Å². The van der Waals surface area contributed by atoms with Gasteiger partial charge in [0, 0.05) is 17.7 Å². The summed E-state index contributed by atoms with van der Waals surface area (Å²) < 4.78 is 27.0. The number of carboxylic acid groups (broad SMARTS) is 1. The van der Waals surface area contributed by atoms with E-state index in [9.17, 15) is 18.0 Å². The molecule has 2 rings (SSSR count). The number of anilines is 1. The molecule has 0 spiro atoms. The highest BCUT2D eigenvalue weighted by Crippen LogP contribution is 2.18. The molecule has 7 nitrogen and oxygen atoms in total. The molecule has 2 aromatic rings. The third-order valence-corrected chi connectivity index (χ3v) is 4.66. The first-order chi connectivity index (χ1) is 11.3. The molecule has 0 atom stereocenters. The predicted molar refractivity (Wildman–Crippen MR) is 88.2 cm³/mol. The Balaban J connectivity index is 2.16. The van der Waals surface area contributed by atoms with E-state index in [1.54, 1.807) is 12.1 Å². The van der Waals surface area contributed by atoms with Gasteiger partial charge in [-0.05, 0) is 42.3 Å². The zero-order valence-electron chi connectivity index (χ0n) is 12.6. The van der Waals surface area contributed by atoms with E-state index in [1.165, 1.54) is 36.4 Å². The number of benzene rings is 2. The van der Waals surface area contributed by atoms with E-state index in [1.807, 2.05) is 0 Å². The minimum Gasteiger partial charge on any atom is -0.481 e. The van der Waals surface area contributed by atoms with Gasteiger partial charge in [0.05, 0.1) is 4.90 Å². The van der Waals surface area contributed by atoms with E-state index in [0.29, 0.717) is 6.42 Å². The average Bonchev–Trinajstić information content (AvgIpc) is 2.53. The van der Waals surface area contributed by atoms with E-state index in [-0.39, 0.29) is 22.6 Å². The zero-order chi connectivity index (χ0) is 17.7. The fraction of sp³-hybridized carbons (Fsp3) is 0.125. The maximum Gasteiger partial charge on any atom is 0.303 e. The number of nitrogens with two attached hydrogens (primary N) is 1. The molecule has 0 saturated carbocycles. The quantitative estimate of drug-likeness (QED) is 0.700. The number of carboxylic acids is 1. The van der Waals surface area contributed by atoms with Gasteiger partial charge >= 0.3 is 5.97 Å². The van der Waals surface area contributed by atoms with Crippen molar-refractivity contribution < 1.29 is 23.1 Å². The Bertz CT molecular complexity index is 860. The summed E-state index contributed by atoms with van der Waals surface area (Å²) in [7, 11) is -3.82. The first kappa shape index (κ1) is 17.5. The van der Waals surface area contributed by atoms with Gasteiger partial charge in [0.2, 0.25) is 5.91 Å². The number of primary amides is 1. The van der Waals surface area contributed by atoms with Gasteiger partial charge in [-0.15, -0.1) is 0 Å². The molecule has 0 heterocycles. The lowest BCUT2D eigenvalue weighted by atomic mass is 10.1. The van der Waals surface area contributed by atoms with Gasteiger partial charge < -0.3 is 10.8 Å². The second kappa shape index (κ2) is 7.14. The normalized spacial score (nSPS) is 11.0. The Kier molecular flexibility index (Phi) is 5.20. The highest BCUT2D eigenvalue weighted by molar-refractivity contribution is 7.92. The molecule has 4 N–H and O–H groups in total. The van der Waals surface area contributed by atoms with Crippen molar-refractivity contribution in [1.82, 2.24) is 0 Å². The van der Waals surface area contributed by atoms with Gasteiger partial charge in [-0.3, -0.25) is 14.3 Å². The van der Waals surface area contributed by atoms with Crippen molar-refractivity contribution in [2.75, 3.05) is 4.72 Å². The SMILES string of the molecule is NC(=O)c1cccc(NS(=O)(=O)c2ccc(CCC(=O)O)cc2)c1. The summed E-state index contributed by atoms with van der Waals surface area (Å²) >= 11 is 0. The fourth-order valence-electron chi connectivity index (χ4n) is 2.04. The minimum atomic E-state index is -3.82. The van der Waals surface area contributed by atoms with Crippen molar-refractivity contribution in [3.8, 4) is 0 Å². The fourth-order valence-corrected chi connectivity index (χ4v) is 3.09. The Morgan fingerprint density at radius 3 is 2.33 bits per heavy atom. The van der Waals surface area contributed by atoms with Crippen LogP contribution in [0.1, 0.15) is 22.3 Å². The highest BCUT2D eigenvalue weighted by atomic mass is 32.2. The molecule has 24 heavy (non-hydrogen) atoms. The molecule has 0 saturated heterocycles. The largest absolute Gasteiger partial charge is 0.481 e. The summed E-state index contributed by atoms with van der Waals surface area (Å²) in [5.41, 5.74) is 6.31.